The van der Waals surface area contributed by atoms with E-state index in [1.807, 2.05) is 0 Å². The van der Waals surface area contributed by atoms with Crippen LogP contribution in [0.4, 0.5) is 14.5 Å². The number of Topliss-reactive ketones (excluding diaryl/α,β-unsaturated/α-hetero) is 1. The lowest BCUT2D eigenvalue weighted by Crippen LogP contribution is -2.47. The van der Waals surface area contributed by atoms with Crippen molar-refractivity contribution in [2.45, 2.75) is 45.6 Å². The lowest BCUT2D eigenvalue weighted by Gasteiger charge is -2.20. The third kappa shape index (κ3) is 7.77. The number of likely N-dealkylation sites (N-methyl/N-ethyl adjacent to an activating group) is 1. The van der Waals surface area contributed by atoms with Crippen LogP contribution in [0.2, 0.25) is 5.02 Å². The number of hydrogen-bond acceptors (Lipinski definition) is 4. The van der Waals surface area contributed by atoms with Crippen LogP contribution >= 0.6 is 11.6 Å². The van der Waals surface area contributed by atoms with Gasteiger partial charge in [-0.25, -0.2) is 8.78 Å². The topological polar surface area (TPSA) is 104 Å². The Kier molecular flexibility index (Phi) is 8.69. The summed E-state index contributed by atoms with van der Waals surface area (Å²) in [6, 6.07) is 2.66. The van der Waals surface area contributed by atoms with Gasteiger partial charge in [0.15, 0.2) is 0 Å². The number of benzene rings is 1. The zero-order chi connectivity index (χ0) is 22.4. The largest absolute Gasteiger partial charge is 0.353 e. The van der Waals surface area contributed by atoms with Crippen LogP contribution in [0.3, 0.4) is 0 Å². The van der Waals surface area contributed by atoms with Crippen molar-refractivity contribution in [2.24, 2.45) is 5.92 Å². The smallest absolute Gasteiger partial charge is 0.289 e. The molecule has 0 fully saturated rings. The van der Waals surface area contributed by atoms with Crippen molar-refractivity contribution in [3.8, 4) is 0 Å². The fourth-order valence-corrected chi connectivity index (χ4v) is 2.45. The summed E-state index contributed by atoms with van der Waals surface area (Å²) in [5.74, 6) is -6.72. The Balaban J connectivity index is 3.15. The molecule has 1 aromatic rings. The van der Waals surface area contributed by atoms with Crippen LogP contribution in [0.1, 0.15) is 44.0 Å². The molecule has 3 amide bonds. The summed E-state index contributed by atoms with van der Waals surface area (Å²) in [7, 11) is 1.21. The molecule has 1 rings (SSSR count). The quantitative estimate of drug-likeness (QED) is 0.523. The van der Waals surface area contributed by atoms with Crippen molar-refractivity contribution < 1.29 is 28.0 Å². The maximum absolute atomic E-state index is 13.2. The summed E-state index contributed by atoms with van der Waals surface area (Å²) in [6.45, 7) is 3.99. The monoisotopic (exact) mass is 431 g/mol. The fraction of sp³-hybridized carbons (Fsp3) is 0.474. The summed E-state index contributed by atoms with van der Waals surface area (Å²) in [5.41, 5.74) is 0.0713. The van der Waals surface area contributed by atoms with Crippen LogP contribution in [-0.2, 0) is 14.4 Å². The number of hydrogen-bond donors (Lipinski definition) is 3. The number of anilines is 1. The average Bonchev–Trinajstić information content (AvgIpc) is 2.64. The Morgan fingerprint density at radius 3 is 2.31 bits per heavy atom. The number of amides is 3. The molecule has 10 heteroatoms. The van der Waals surface area contributed by atoms with Gasteiger partial charge in [-0.2, -0.15) is 0 Å². The van der Waals surface area contributed by atoms with Crippen molar-refractivity contribution in [1.82, 2.24) is 10.6 Å². The second-order valence-electron chi connectivity index (χ2n) is 6.91. The molecule has 0 spiro atoms. The minimum absolute atomic E-state index is 0.0653. The van der Waals surface area contributed by atoms with Gasteiger partial charge in [0, 0.05) is 24.4 Å². The first-order valence-electron chi connectivity index (χ1n) is 8.90. The average molecular weight is 432 g/mol. The summed E-state index contributed by atoms with van der Waals surface area (Å²) >= 11 is 5.93. The molecular formula is C19H24ClF2N3O4. The Hall–Kier alpha value is -2.55. The Bertz CT molecular complexity index is 794. The van der Waals surface area contributed by atoms with Crippen LogP contribution in [0, 0.1) is 5.92 Å². The highest BCUT2D eigenvalue weighted by Gasteiger charge is 2.31. The second kappa shape index (κ2) is 10.3. The van der Waals surface area contributed by atoms with Crippen LogP contribution in [0.25, 0.3) is 0 Å². The standard InChI is InChI=1S/C19H24ClF2N3O4/c1-10(2)16(27)24-13-6-5-11(20)9-12(13)17(28)25-14(7-8-19(3,21)22)15(26)18(29)23-4/h5-6,9-10,14H,7-8H2,1-4H3,(H,23,29)(H,24,27)(H,25,28)/t14-/m0/s1. The minimum atomic E-state index is -3.08. The fourth-order valence-electron chi connectivity index (χ4n) is 2.27. The van der Waals surface area contributed by atoms with E-state index in [1.165, 1.54) is 25.2 Å². The van der Waals surface area contributed by atoms with Gasteiger partial charge >= 0.3 is 0 Å². The predicted octanol–water partition coefficient (Wildman–Crippen LogP) is 2.78. The lowest BCUT2D eigenvalue weighted by atomic mass is 10.0. The molecule has 0 unspecified atom stereocenters. The zero-order valence-corrected chi connectivity index (χ0v) is 17.3. The number of carbonyl (C=O) groups is 4. The van der Waals surface area contributed by atoms with Crippen molar-refractivity contribution in [2.75, 3.05) is 12.4 Å². The summed E-state index contributed by atoms with van der Waals surface area (Å²) < 4.78 is 26.5. The van der Waals surface area contributed by atoms with E-state index in [4.69, 9.17) is 11.6 Å². The zero-order valence-electron chi connectivity index (χ0n) is 16.6. The molecule has 1 aromatic carbocycles. The molecule has 0 aliphatic heterocycles. The van der Waals surface area contributed by atoms with E-state index in [-0.39, 0.29) is 28.1 Å². The number of halogens is 3. The first-order valence-corrected chi connectivity index (χ1v) is 9.28. The van der Waals surface area contributed by atoms with Gasteiger partial charge in [-0.1, -0.05) is 25.4 Å². The number of alkyl halides is 2. The molecular weight excluding hydrogens is 408 g/mol. The maximum Gasteiger partial charge on any atom is 0.289 e. The minimum Gasteiger partial charge on any atom is -0.353 e. The van der Waals surface area contributed by atoms with E-state index in [9.17, 15) is 28.0 Å². The van der Waals surface area contributed by atoms with Gasteiger partial charge < -0.3 is 16.0 Å². The van der Waals surface area contributed by atoms with Gasteiger partial charge in [-0.3, -0.25) is 19.2 Å². The highest BCUT2D eigenvalue weighted by Crippen LogP contribution is 2.23. The van der Waals surface area contributed by atoms with E-state index in [0.29, 0.717) is 6.92 Å². The molecule has 0 aromatic heterocycles. The third-order valence-corrected chi connectivity index (χ3v) is 4.19. The Labute approximate surface area is 172 Å². The van der Waals surface area contributed by atoms with E-state index in [2.05, 4.69) is 16.0 Å². The van der Waals surface area contributed by atoms with Crippen LogP contribution in [0.5, 0.6) is 0 Å². The molecule has 29 heavy (non-hydrogen) atoms. The lowest BCUT2D eigenvalue weighted by molar-refractivity contribution is -0.139. The molecule has 0 radical (unpaired) electrons. The van der Waals surface area contributed by atoms with Crippen molar-refractivity contribution in [3.63, 3.8) is 0 Å². The van der Waals surface area contributed by atoms with Crippen LogP contribution in [-0.4, -0.2) is 42.5 Å². The first-order chi connectivity index (χ1) is 13.4. The predicted molar refractivity (Wildman–Crippen MR) is 105 cm³/mol. The summed E-state index contributed by atoms with van der Waals surface area (Å²) in [4.78, 5) is 48.6. The molecule has 1 atom stereocenters. The summed E-state index contributed by atoms with van der Waals surface area (Å²) in [6.07, 6.45) is -1.16. The van der Waals surface area contributed by atoms with Gasteiger partial charge in [0.1, 0.15) is 0 Å². The van der Waals surface area contributed by atoms with E-state index >= 15 is 0 Å². The molecule has 0 aliphatic rings. The number of nitrogens with one attached hydrogen (secondary N) is 3. The third-order valence-electron chi connectivity index (χ3n) is 3.95. The summed E-state index contributed by atoms with van der Waals surface area (Å²) in [5, 5.41) is 7.16. The van der Waals surface area contributed by atoms with Crippen molar-refractivity contribution in [1.29, 1.82) is 0 Å². The van der Waals surface area contributed by atoms with Gasteiger partial charge in [0.25, 0.3) is 11.8 Å². The van der Waals surface area contributed by atoms with Crippen LogP contribution in [0.15, 0.2) is 18.2 Å². The van der Waals surface area contributed by atoms with Crippen molar-refractivity contribution >= 4 is 40.8 Å². The van der Waals surface area contributed by atoms with Gasteiger partial charge in [-0.05, 0) is 31.5 Å². The van der Waals surface area contributed by atoms with E-state index in [1.54, 1.807) is 13.8 Å². The maximum atomic E-state index is 13.2. The Morgan fingerprint density at radius 1 is 1.17 bits per heavy atom. The molecule has 7 nitrogen and oxygen atoms in total. The van der Waals surface area contributed by atoms with E-state index < -0.39 is 42.4 Å². The molecule has 0 aliphatic carbocycles. The highest BCUT2D eigenvalue weighted by molar-refractivity contribution is 6.38. The van der Waals surface area contributed by atoms with Gasteiger partial charge in [0.2, 0.25) is 17.6 Å². The van der Waals surface area contributed by atoms with Crippen LogP contribution < -0.4 is 16.0 Å². The number of carbonyl (C=O) groups excluding carboxylic acids is 4. The van der Waals surface area contributed by atoms with Gasteiger partial charge in [-0.15, -0.1) is 0 Å². The normalized spacial score (nSPS) is 12.3. The molecule has 3 N–H and O–H groups in total. The highest BCUT2D eigenvalue weighted by atomic mass is 35.5. The molecule has 0 saturated carbocycles. The molecule has 0 bridgehead atoms. The number of ketones is 1. The number of rotatable bonds is 9. The Morgan fingerprint density at radius 2 is 1.79 bits per heavy atom. The van der Waals surface area contributed by atoms with Gasteiger partial charge in [0.05, 0.1) is 17.3 Å². The molecule has 160 valence electrons. The SMILES string of the molecule is CNC(=O)C(=O)[C@H](CCC(C)(F)F)NC(=O)c1cc(Cl)ccc1NC(=O)C(C)C. The first kappa shape index (κ1) is 24.5. The molecule has 0 saturated heterocycles. The second-order valence-corrected chi connectivity index (χ2v) is 7.35. The van der Waals surface area contributed by atoms with E-state index in [0.717, 1.165) is 0 Å². The molecule has 0 heterocycles. The van der Waals surface area contributed by atoms with Crippen molar-refractivity contribution in [3.05, 3.63) is 28.8 Å².